The van der Waals surface area contributed by atoms with Gasteiger partial charge < -0.3 is 18.8 Å². The van der Waals surface area contributed by atoms with Crippen LogP contribution in [0.1, 0.15) is 0 Å². The van der Waals surface area contributed by atoms with Gasteiger partial charge in [0.05, 0.1) is 19.8 Å². The number of hydrogen-bond acceptors (Lipinski definition) is 7. The largest absolute Gasteiger partial charge is 0.465 e. The third kappa shape index (κ3) is 3.48. The van der Waals surface area contributed by atoms with E-state index in [2.05, 4.69) is 4.98 Å². The number of nitrogens with zero attached hydrogens (tertiary/aromatic N) is 2. The molecule has 2 heterocycles. The van der Waals surface area contributed by atoms with Gasteiger partial charge in [0.25, 0.3) is 0 Å². The minimum atomic E-state index is -0.672. The molecule has 0 fully saturated rings. The fourth-order valence-corrected chi connectivity index (χ4v) is 3.13. The zero-order chi connectivity index (χ0) is 21.1. The second-order valence-electron chi connectivity index (χ2n) is 6.35. The van der Waals surface area contributed by atoms with Crippen molar-refractivity contribution in [2.45, 2.75) is 0 Å². The van der Waals surface area contributed by atoms with E-state index in [0.717, 1.165) is 5.56 Å². The van der Waals surface area contributed by atoms with Gasteiger partial charge >= 0.3 is 11.9 Å². The fraction of sp³-hybridized carbons (Fsp3) is 0.0870. The van der Waals surface area contributed by atoms with E-state index in [1.54, 1.807) is 41.5 Å². The van der Waals surface area contributed by atoms with Crippen LogP contribution >= 0.6 is 0 Å². The first-order valence-electron chi connectivity index (χ1n) is 9.13. The molecular weight excluding hydrogens is 384 g/mol. The molecule has 150 valence electrons. The minimum absolute atomic E-state index is 0.0384. The zero-order valence-corrected chi connectivity index (χ0v) is 16.4. The highest BCUT2D eigenvalue weighted by atomic mass is 16.5. The monoisotopic (exact) mass is 402 g/mol. The van der Waals surface area contributed by atoms with Crippen LogP contribution in [0.25, 0.3) is 22.6 Å². The van der Waals surface area contributed by atoms with E-state index in [9.17, 15) is 9.59 Å². The van der Waals surface area contributed by atoms with Gasteiger partial charge in [-0.25, -0.2) is 14.6 Å². The van der Waals surface area contributed by atoms with Crippen LogP contribution in [0.2, 0.25) is 0 Å². The molecule has 7 nitrogen and oxygen atoms in total. The van der Waals surface area contributed by atoms with Gasteiger partial charge in [-0.1, -0.05) is 24.3 Å². The van der Waals surface area contributed by atoms with Gasteiger partial charge in [-0.3, -0.25) is 0 Å². The molecule has 0 atom stereocenters. The molecule has 0 N–H and O–H groups in total. The third-order valence-electron chi connectivity index (χ3n) is 4.56. The predicted molar refractivity (Wildman–Crippen MR) is 111 cm³/mol. The van der Waals surface area contributed by atoms with Crippen molar-refractivity contribution in [1.82, 2.24) is 4.98 Å². The summed E-state index contributed by atoms with van der Waals surface area (Å²) in [6, 6.07) is 14.9. The van der Waals surface area contributed by atoms with Gasteiger partial charge in [-0.2, -0.15) is 0 Å². The van der Waals surface area contributed by atoms with Gasteiger partial charge in [-0.05, 0) is 36.4 Å². The molecular formula is C23H18N2O5. The van der Waals surface area contributed by atoms with E-state index in [4.69, 9.17) is 13.9 Å². The van der Waals surface area contributed by atoms with Crippen LogP contribution in [0, 0.1) is 0 Å². The molecule has 2 aromatic carbocycles. The SMILES string of the molecule is COC(=O)C1=C(C(=O)OC)N(c2ccc3nc(-c4ccccc4)oc3c2)C=CC=C1. The average Bonchev–Trinajstić information content (AvgIpc) is 3.09. The van der Waals surface area contributed by atoms with E-state index >= 15 is 0 Å². The van der Waals surface area contributed by atoms with Gasteiger partial charge in [0, 0.05) is 23.5 Å². The second-order valence-corrected chi connectivity index (χ2v) is 6.35. The minimum Gasteiger partial charge on any atom is -0.465 e. The molecule has 0 aliphatic carbocycles. The van der Waals surface area contributed by atoms with Crippen molar-refractivity contribution >= 4 is 28.7 Å². The number of methoxy groups -OCH3 is 2. The number of benzene rings is 2. The number of fused-ring (bicyclic) bond motifs is 1. The summed E-state index contributed by atoms with van der Waals surface area (Å²) in [5.41, 5.74) is 2.79. The smallest absolute Gasteiger partial charge is 0.355 e. The third-order valence-corrected chi connectivity index (χ3v) is 4.56. The molecule has 30 heavy (non-hydrogen) atoms. The molecule has 4 rings (SSSR count). The van der Waals surface area contributed by atoms with Crippen LogP contribution in [0.5, 0.6) is 0 Å². The number of oxazole rings is 1. The van der Waals surface area contributed by atoms with Crippen molar-refractivity contribution in [3.05, 3.63) is 84.2 Å². The number of allylic oxidation sites excluding steroid dienone is 2. The summed E-state index contributed by atoms with van der Waals surface area (Å²) >= 11 is 0. The summed E-state index contributed by atoms with van der Waals surface area (Å²) in [7, 11) is 2.51. The van der Waals surface area contributed by atoms with E-state index in [1.165, 1.54) is 20.3 Å². The molecule has 1 aromatic heterocycles. The first-order valence-corrected chi connectivity index (χ1v) is 9.13. The number of ether oxygens (including phenoxy) is 2. The summed E-state index contributed by atoms with van der Waals surface area (Å²) in [6.45, 7) is 0. The lowest BCUT2D eigenvalue weighted by Crippen LogP contribution is -2.26. The first kappa shape index (κ1) is 19.2. The lowest BCUT2D eigenvalue weighted by molar-refractivity contribution is -0.139. The van der Waals surface area contributed by atoms with E-state index in [-0.39, 0.29) is 11.3 Å². The summed E-state index contributed by atoms with van der Waals surface area (Å²) in [6.07, 6.45) is 6.53. The Labute approximate surface area is 172 Å². The number of rotatable bonds is 4. The van der Waals surface area contributed by atoms with Crippen LogP contribution < -0.4 is 4.90 Å². The van der Waals surface area contributed by atoms with Crippen LogP contribution in [-0.4, -0.2) is 31.1 Å². The lowest BCUT2D eigenvalue weighted by atomic mass is 10.1. The maximum atomic E-state index is 12.6. The quantitative estimate of drug-likeness (QED) is 0.611. The highest BCUT2D eigenvalue weighted by Crippen LogP contribution is 2.31. The lowest BCUT2D eigenvalue weighted by Gasteiger charge is -2.22. The normalized spacial score (nSPS) is 13.5. The fourth-order valence-electron chi connectivity index (χ4n) is 3.13. The maximum Gasteiger partial charge on any atom is 0.355 e. The Morgan fingerprint density at radius 3 is 2.47 bits per heavy atom. The van der Waals surface area contributed by atoms with Crippen molar-refractivity contribution in [1.29, 1.82) is 0 Å². The number of hydrogen-bond donors (Lipinski definition) is 0. The average molecular weight is 402 g/mol. The van der Waals surface area contributed by atoms with E-state index < -0.39 is 11.9 Å². The van der Waals surface area contributed by atoms with Gasteiger partial charge in [0.1, 0.15) is 11.2 Å². The number of anilines is 1. The first-order chi connectivity index (χ1) is 14.6. The Morgan fingerprint density at radius 2 is 1.73 bits per heavy atom. The van der Waals surface area contributed by atoms with Crippen molar-refractivity contribution in [2.75, 3.05) is 19.1 Å². The summed E-state index contributed by atoms with van der Waals surface area (Å²) in [5.74, 6) is -0.823. The summed E-state index contributed by atoms with van der Waals surface area (Å²) < 4.78 is 15.7. The van der Waals surface area contributed by atoms with Crippen molar-refractivity contribution in [3.8, 4) is 11.5 Å². The molecule has 0 radical (unpaired) electrons. The highest BCUT2D eigenvalue weighted by Gasteiger charge is 2.27. The molecule has 0 bridgehead atoms. The Hall–Kier alpha value is -4.13. The Kier molecular flexibility index (Phi) is 5.17. The van der Waals surface area contributed by atoms with Crippen LogP contribution in [0.4, 0.5) is 5.69 Å². The van der Waals surface area contributed by atoms with Gasteiger partial charge in [0.2, 0.25) is 5.89 Å². The van der Waals surface area contributed by atoms with Crippen LogP contribution in [-0.2, 0) is 19.1 Å². The molecule has 3 aromatic rings. The summed E-state index contributed by atoms with van der Waals surface area (Å²) in [5, 5.41) is 0. The molecule has 7 heteroatoms. The van der Waals surface area contributed by atoms with Gasteiger partial charge in [-0.15, -0.1) is 0 Å². The van der Waals surface area contributed by atoms with E-state index in [0.29, 0.717) is 22.7 Å². The summed E-state index contributed by atoms with van der Waals surface area (Å²) in [4.78, 5) is 30.9. The standard InChI is InChI=1S/C23H18N2O5/c1-28-22(26)17-10-6-7-13-25(20(17)23(27)29-2)16-11-12-18-19(14-16)30-21(24-18)15-8-4-3-5-9-15/h3-14H,1-2H3. The second kappa shape index (κ2) is 8.08. The van der Waals surface area contributed by atoms with Crippen molar-refractivity contribution in [2.24, 2.45) is 0 Å². The number of esters is 2. The van der Waals surface area contributed by atoms with Gasteiger partial charge in [0.15, 0.2) is 5.58 Å². The molecule has 1 aliphatic heterocycles. The van der Waals surface area contributed by atoms with Crippen LogP contribution in [0.3, 0.4) is 0 Å². The molecule has 1 aliphatic rings. The number of carbonyl (C=O) groups excluding carboxylic acids is 2. The molecule has 0 unspecified atom stereocenters. The molecule has 0 amide bonds. The molecule has 0 saturated carbocycles. The van der Waals surface area contributed by atoms with E-state index in [1.807, 2.05) is 30.3 Å². The maximum absolute atomic E-state index is 12.6. The molecule has 0 spiro atoms. The highest BCUT2D eigenvalue weighted by molar-refractivity contribution is 6.05. The zero-order valence-electron chi connectivity index (χ0n) is 16.4. The topological polar surface area (TPSA) is 81.9 Å². The predicted octanol–water partition coefficient (Wildman–Crippen LogP) is 3.98. The van der Waals surface area contributed by atoms with Crippen molar-refractivity contribution in [3.63, 3.8) is 0 Å². The Bertz CT molecular complexity index is 1200. The van der Waals surface area contributed by atoms with Crippen LogP contribution in [0.15, 0.2) is 88.6 Å². The number of aromatic nitrogens is 1. The van der Waals surface area contributed by atoms with Crippen molar-refractivity contribution < 1.29 is 23.5 Å². The Balaban J connectivity index is 1.82. The Morgan fingerprint density at radius 1 is 0.967 bits per heavy atom. The number of carbonyl (C=O) groups is 2. The molecule has 0 saturated heterocycles.